The van der Waals surface area contributed by atoms with Crippen molar-refractivity contribution in [2.75, 3.05) is 23.0 Å². The molecular formula is C11H10ClF3N2O2S. The number of pyridine rings is 1. The van der Waals surface area contributed by atoms with Crippen molar-refractivity contribution in [1.29, 1.82) is 0 Å². The van der Waals surface area contributed by atoms with Gasteiger partial charge in [0, 0.05) is 24.2 Å². The van der Waals surface area contributed by atoms with Crippen molar-refractivity contribution >= 4 is 35.1 Å². The minimum Gasteiger partial charge on any atom is -0.480 e. The molecule has 0 amide bonds. The van der Waals surface area contributed by atoms with Crippen LogP contribution < -0.4 is 4.90 Å². The molecule has 1 aliphatic heterocycles. The lowest BCUT2D eigenvalue weighted by Gasteiger charge is -2.34. The number of alkyl halides is 3. The molecule has 0 aliphatic carbocycles. The van der Waals surface area contributed by atoms with Gasteiger partial charge in [0.1, 0.15) is 11.9 Å². The Hall–Kier alpha value is -1.15. The molecule has 0 saturated carbocycles. The van der Waals surface area contributed by atoms with Crippen molar-refractivity contribution in [3.8, 4) is 0 Å². The van der Waals surface area contributed by atoms with Crippen LogP contribution in [0.15, 0.2) is 12.3 Å². The van der Waals surface area contributed by atoms with E-state index in [1.165, 1.54) is 16.7 Å². The third kappa shape index (κ3) is 3.12. The molecule has 1 aromatic heterocycles. The fraction of sp³-hybridized carbons (Fsp3) is 0.455. The Bertz CT molecular complexity index is 527. The maximum atomic E-state index is 12.5. The third-order valence-corrected chi connectivity index (χ3v) is 4.14. The van der Waals surface area contributed by atoms with Crippen LogP contribution in [-0.2, 0) is 11.0 Å². The Labute approximate surface area is 121 Å². The summed E-state index contributed by atoms with van der Waals surface area (Å²) in [6, 6.07) is -0.0691. The van der Waals surface area contributed by atoms with Gasteiger partial charge in [0.15, 0.2) is 0 Å². The van der Waals surface area contributed by atoms with E-state index in [9.17, 15) is 18.0 Å². The molecule has 9 heteroatoms. The zero-order valence-corrected chi connectivity index (χ0v) is 11.6. The number of hydrogen-bond donors (Lipinski definition) is 1. The molecule has 20 heavy (non-hydrogen) atoms. The van der Waals surface area contributed by atoms with E-state index in [1.54, 1.807) is 0 Å². The summed E-state index contributed by atoms with van der Waals surface area (Å²) >= 11 is 7.30. The number of halogens is 4. The van der Waals surface area contributed by atoms with Crippen molar-refractivity contribution < 1.29 is 23.1 Å². The van der Waals surface area contributed by atoms with Crippen molar-refractivity contribution in [1.82, 2.24) is 4.98 Å². The molecule has 4 nitrogen and oxygen atoms in total. The van der Waals surface area contributed by atoms with Gasteiger partial charge < -0.3 is 10.0 Å². The van der Waals surface area contributed by atoms with E-state index >= 15 is 0 Å². The molecule has 1 unspecified atom stereocenters. The third-order valence-electron chi connectivity index (χ3n) is 2.83. The summed E-state index contributed by atoms with van der Waals surface area (Å²) in [5, 5.41) is 8.94. The Balaban J connectivity index is 2.34. The number of rotatable bonds is 2. The van der Waals surface area contributed by atoms with Crippen LogP contribution in [0.4, 0.5) is 19.0 Å². The maximum absolute atomic E-state index is 12.5. The monoisotopic (exact) mass is 326 g/mol. The van der Waals surface area contributed by atoms with Crippen LogP contribution >= 0.6 is 23.4 Å². The van der Waals surface area contributed by atoms with Gasteiger partial charge in [-0.3, -0.25) is 0 Å². The largest absolute Gasteiger partial charge is 0.480 e. The molecule has 1 saturated heterocycles. The topological polar surface area (TPSA) is 53.4 Å². The highest BCUT2D eigenvalue weighted by atomic mass is 35.5. The van der Waals surface area contributed by atoms with Gasteiger partial charge in [-0.15, -0.1) is 0 Å². The predicted octanol–water partition coefficient (Wildman–Crippen LogP) is 2.76. The molecule has 2 rings (SSSR count). The second-order valence-electron chi connectivity index (χ2n) is 4.15. The minimum absolute atomic E-state index is 0.0763. The number of carboxylic acids is 1. The first-order chi connectivity index (χ1) is 9.30. The summed E-state index contributed by atoms with van der Waals surface area (Å²) in [6.45, 7) is 0.375. The van der Waals surface area contributed by atoms with E-state index in [2.05, 4.69) is 4.98 Å². The summed E-state index contributed by atoms with van der Waals surface area (Å²) < 4.78 is 37.6. The zero-order chi connectivity index (χ0) is 14.9. The maximum Gasteiger partial charge on any atom is 0.417 e. The van der Waals surface area contributed by atoms with E-state index in [4.69, 9.17) is 16.7 Å². The highest BCUT2D eigenvalue weighted by Crippen LogP contribution is 2.35. The quantitative estimate of drug-likeness (QED) is 0.905. The number of aliphatic carboxylic acids is 1. The normalized spacial score (nSPS) is 20.0. The van der Waals surface area contributed by atoms with Gasteiger partial charge in [0.25, 0.3) is 0 Å². The SMILES string of the molecule is O=C(O)C1CSCCN1c1ncc(C(F)(F)F)cc1Cl. The van der Waals surface area contributed by atoms with Crippen LogP contribution in [-0.4, -0.2) is 40.2 Å². The van der Waals surface area contributed by atoms with Crippen LogP contribution in [0.3, 0.4) is 0 Å². The number of carboxylic acid groups (broad SMARTS) is 1. The summed E-state index contributed by atoms with van der Waals surface area (Å²) in [6.07, 6.45) is -3.86. The lowest BCUT2D eigenvalue weighted by atomic mass is 10.2. The molecule has 0 spiro atoms. The summed E-state index contributed by atoms with van der Waals surface area (Å²) in [5.41, 5.74) is -0.954. The van der Waals surface area contributed by atoms with Gasteiger partial charge in [-0.2, -0.15) is 24.9 Å². The summed E-state index contributed by atoms with van der Waals surface area (Å²) in [5.74, 6) is 0.0410. The number of hydrogen-bond acceptors (Lipinski definition) is 4. The molecule has 0 aromatic carbocycles. The first-order valence-electron chi connectivity index (χ1n) is 5.60. The van der Waals surface area contributed by atoms with E-state index in [-0.39, 0.29) is 10.8 Å². The van der Waals surface area contributed by atoms with Crippen LogP contribution in [0.25, 0.3) is 0 Å². The Morgan fingerprint density at radius 2 is 2.25 bits per heavy atom. The highest BCUT2D eigenvalue weighted by Gasteiger charge is 2.34. The first kappa shape index (κ1) is 15.2. The van der Waals surface area contributed by atoms with Crippen molar-refractivity contribution in [2.45, 2.75) is 12.2 Å². The fourth-order valence-corrected chi connectivity index (χ4v) is 3.17. The van der Waals surface area contributed by atoms with Crippen LogP contribution in [0.5, 0.6) is 0 Å². The zero-order valence-electron chi connectivity index (χ0n) is 10.0. The number of carbonyl (C=O) groups is 1. The van der Waals surface area contributed by atoms with Crippen LogP contribution in [0.1, 0.15) is 5.56 Å². The standard InChI is InChI=1S/C11H10ClF3N2O2S/c12-7-3-6(11(13,14)15)4-16-9(7)17-1-2-20-5-8(17)10(18)19/h3-4,8H,1-2,5H2,(H,18,19). The predicted molar refractivity (Wildman–Crippen MR) is 70.3 cm³/mol. The molecule has 1 fully saturated rings. The molecule has 0 bridgehead atoms. The van der Waals surface area contributed by atoms with Crippen molar-refractivity contribution in [2.24, 2.45) is 0 Å². The highest BCUT2D eigenvalue weighted by molar-refractivity contribution is 7.99. The average molecular weight is 327 g/mol. The van der Waals surface area contributed by atoms with E-state index in [0.29, 0.717) is 24.2 Å². The van der Waals surface area contributed by atoms with Gasteiger partial charge in [0.2, 0.25) is 0 Å². The van der Waals surface area contributed by atoms with Crippen molar-refractivity contribution in [3.05, 3.63) is 22.8 Å². The number of nitrogens with zero attached hydrogens (tertiary/aromatic N) is 2. The Morgan fingerprint density at radius 1 is 1.55 bits per heavy atom. The van der Waals surface area contributed by atoms with Gasteiger partial charge in [-0.25, -0.2) is 9.78 Å². The molecule has 2 heterocycles. The summed E-state index contributed by atoms with van der Waals surface area (Å²) in [7, 11) is 0. The van der Waals surface area contributed by atoms with Crippen LogP contribution in [0.2, 0.25) is 5.02 Å². The van der Waals surface area contributed by atoms with Crippen molar-refractivity contribution in [3.63, 3.8) is 0 Å². The number of thioether (sulfide) groups is 1. The average Bonchev–Trinajstić information content (AvgIpc) is 2.37. The second kappa shape index (κ2) is 5.69. The van der Waals surface area contributed by atoms with E-state index in [1.807, 2.05) is 0 Å². The lowest BCUT2D eigenvalue weighted by molar-refractivity contribution is -0.139. The molecule has 1 aromatic rings. The number of anilines is 1. The van der Waals surface area contributed by atoms with Gasteiger partial charge in [-0.1, -0.05) is 11.6 Å². The molecular weight excluding hydrogens is 317 g/mol. The molecule has 1 aliphatic rings. The number of aromatic nitrogens is 1. The van der Waals surface area contributed by atoms with Gasteiger partial charge in [-0.05, 0) is 6.07 Å². The fourth-order valence-electron chi connectivity index (χ4n) is 1.86. The lowest BCUT2D eigenvalue weighted by Crippen LogP contribution is -2.48. The second-order valence-corrected chi connectivity index (χ2v) is 5.71. The van der Waals surface area contributed by atoms with Gasteiger partial charge in [0.05, 0.1) is 10.6 Å². The summed E-state index contributed by atoms with van der Waals surface area (Å²) in [4.78, 5) is 16.3. The van der Waals surface area contributed by atoms with E-state index < -0.39 is 23.8 Å². The minimum atomic E-state index is -4.53. The molecule has 1 atom stereocenters. The first-order valence-corrected chi connectivity index (χ1v) is 7.14. The smallest absolute Gasteiger partial charge is 0.417 e. The Kier molecular flexibility index (Phi) is 4.33. The van der Waals surface area contributed by atoms with E-state index in [0.717, 1.165) is 6.07 Å². The molecule has 0 radical (unpaired) electrons. The molecule has 1 N–H and O–H groups in total. The van der Waals surface area contributed by atoms with Crippen LogP contribution in [0, 0.1) is 0 Å². The van der Waals surface area contributed by atoms with Gasteiger partial charge >= 0.3 is 12.1 Å². The molecule has 110 valence electrons. The Morgan fingerprint density at radius 3 is 2.80 bits per heavy atom.